The Labute approximate surface area is 124 Å². The van der Waals surface area contributed by atoms with E-state index in [1.807, 2.05) is 4.98 Å². The number of carbonyl (C=O) groups is 1. The predicted molar refractivity (Wildman–Crippen MR) is 79.1 cm³/mol. The molecule has 9 nitrogen and oxygen atoms in total. The van der Waals surface area contributed by atoms with Gasteiger partial charge in [0, 0.05) is 25.2 Å². The van der Waals surface area contributed by atoms with Gasteiger partial charge in [0.1, 0.15) is 23.7 Å². The lowest BCUT2D eigenvalue weighted by Gasteiger charge is -2.16. The second-order valence-corrected chi connectivity index (χ2v) is 4.91. The quantitative estimate of drug-likeness (QED) is 0.715. The summed E-state index contributed by atoms with van der Waals surface area (Å²) in [6, 6.07) is 2.67. The molecule has 3 N–H and O–H groups in total. The summed E-state index contributed by atoms with van der Waals surface area (Å²) in [5.41, 5.74) is -1.12. The maximum Gasteiger partial charge on any atom is 0.327 e. The Morgan fingerprint density at radius 3 is 2.64 bits per heavy atom. The Balaban J connectivity index is 1.81. The van der Waals surface area contributed by atoms with E-state index >= 15 is 0 Å². The van der Waals surface area contributed by atoms with Gasteiger partial charge in [-0.25, -0.2) is 14.8 Å². The second kappa shape index (κ2) is 5.80. The van der Waals surface area contributed by atoms with Gasteiger partial charge in [-0.1, -0.05) is 0 Å². The minimum Gasteiger partial charge on any atom is -0.357 e. The van der Waals surface area contributed by atoms with Gasteiger partial charge in [0.2, 0.25) is 0 Å². The van der Waals surface area contributed by atoms with Gasteiger partial charge in [0.05, 0.1) is 0 Å². The Morgan fingerprint density at radius 1 is 1.14 bits per heavy atom. The number of H-pyrrole nitrogens is 2. The van der Waals surface area contributed by atoms with Crippen LogP contribution in [-0.4, -0.2) is 38.9 Å². The fourth-order valence-electron chi connectivity index (χ4n) is 2.31. The summed E-state index contributed by atoms with van der Waals surface area (Å²) in [5.74, 6) is 0.182. The predicted octanol–water partition coefficient (Wildman–Crippen LogP) is -0.294. The molecule has 1 aliphatic rings. The average molecular weight is 302 g/mol. The van der Waals surface area contributed by atoms with Crippen LogP contribution in [0.25, 0.3) is 0 Å². The minimum absolute atomic E-state index is 0.0140. The summed E-state index contributed by atoms with van der Waals surface area (Å²) >= 11 is 0. The molecule has 3 rings (SSSR count). The van der Waals surface area contributed by atoms with Crippen LogP contribution in [0.15, 0.2) is 28.0 Å². The molecule has 0 radical (unpaired) electrons. The molecule has 1 aliphatic heterocycles. The van der Waals surface area contributed by atoms with Crippen molar-refractivity contribution in [3.8, 4) is 0 Å². The zero-order valence-corrected chi connectivity index (χ0v) is 11.6. The lowest BCUT2D eigenvalue weighted by atomic mass is 10.3. The normalized spacial score (nSPS) is 14.1. The molecular weight excluding hydrogens is 288 g/mol. The van der Waals surface area contributed by atoms with Crippen LogP contribution in [-0.2, 0) is 0 Å². The molecule has 2 aromatic rings. The largest absolute Gasteiger partial charge is 0.357 e. The maximum atomic E-state index is 12.1. The zero-order valence-electron chi connectivity index (χ0n) is 11.6. The molecule has 9 heteroatoms. The van der Waals surface area contributed by atoms with E-state index in [1.165, 1.54) is 6.33 Å². The van der Waals surface area contributed by atoms with Crippen molar-refractivity contribution >= 4 is 17.5 Å². The Hall–Kier alpha value is -2.97. The first-order chi connectivity index (χ1) is 10.6. The van der Waals surface area contributed by atoms with Crippen LogP contribution in [0.1, 0.15) is 23.3 Å². The Morgan fingerprint density at radius 2 is 1.91 bits per heavy atom. The van der Waals surface area contributed by atoms with E-state index < -0.39 is 17.2 Å². The number of aromatic nitrogens is 4. The van der Waals surface area contributed by atoms with Gasteiger partial charge in [-0.2, -0.15) is 0 Å². The molecule has 22 heavy (non-hydrogen) atoms. The second-order valence-electron chi connectivity index (χ2n) is 4.91. The summed E-state index contributed by atoms with van der Waals surface area (Å²) in [4.78, 5) is 49.0. The highest BCUT2D eigenvalue weighted by Crippen LogP contribution is 2.17. The van der Waals surface area contributed by atoms with Crippen molar-refractivity contribution in [3.63, 3.8) is 0 Å². The van der Waals surface area contributed by atoms with E-state index in [0.29, 0.717) is 5.82 Å². The molecule has 1 saturated heterocycles. The van der Waals surface area contributed by atoms with Crippen molar-refractivity contribution in [2.45, 2.75) is 12.8 Å². The lowest BCUT2D eigenvalue weighted by molar-refractivity contribution is 0.102. The molecule has 1 amide bonds. The Bertz CT molecular complexity index is 777. The summed E-state index contributed by atoms with van der Waals surface area (Å²) < 4.78 is 0. The summed E-state index contributed by atoms with van der Waals surface area (Å²) in [6.45, 7) is 1.80. The van der Waals surface area contributed by atoms with Crippen LogP contribution in [0.5, 0.6) is 0 Å². The number of hydrogen-bond acceptors (Lipinski definition) is 6. The van der Waals surface area contributed by atoms with Crippen molar-refractivity contribution in [1.82, 2.24) is 19.9 Å². The van der Waals surface area contributed by atoms with Gasteiger partial charge >= 0.3 is 5.69 Å². The standard InChI is InChI=1S/C13H14N6O3/c20-11-6-9(17-13(22)18-11)16-12(21)8-5-10(15-7-14-8)19-3-1-2-4-19/h5-7H,1-4H2,(H3,16,17,18,20,21,22). The monoisotopic (exact) mass is 302 g/mol. The highest BCUT2D eigenvalue weighted by molar-refractivity contribution is 6.02. The minimum atomic E-state index is -0.691. The number of amides is 1. The SMILES string of the molecule is O=C(Nc1cc(=O)[nH]c(=O)[nH]1)c1cc(N2CCCC2)ncn1. The number of nitrogens with zero attached hydrogens (tertiary/aromatic N) is 3. The molecule has 0 bridgehead atoms. The van der Waals surface area contributed by atoms with E-state index in [0.717, 1.165) is 32.0 Å². The number of aromatic amines is 2. The first kappa shape index (κ1) is 14.0. The number of rotatable bonds is 3. The van der Waals surface area contributed by atoms with Crippen LogP contribution in [0, 0.1) is 0 Å². The smallest absolute Gasteiger partial charge is 0.327 e. The number of carbonyl (C=O) groups excluding carboxylic acids is 1. The highest BCUT2D eigenvalue weighted by atomic mass is 16.2. The lowest BCUT2D eigenvalue weighted by Crippen LogP contribution is -2.25. The van der Waals surface area contributed by atoms with Crippen molar-refractivity contribution in [3.05, 3.63) is 45.0 Å². The van der Waals surface area contributed by atoms with Crippen molar-refractivity contribution in [2.75, 3.05) is 23.3 Å². The maximum absolute atomic E-state index is 12.1. The van der Waals surface area contributed by atoms with Crippen molar-refractivity contribution in [1.29, 1.82) is 0 Å². The fraction of sp³-hybridized carbons (Fsp3) is 0.308. The zero-order chi connectivity index (χ0) is 15.5. The van der Waals surface area contributed by atoms with Crippen LogP contribution in [0.4, 0.5) is 11.6 Å². The van der Waals surface area contributed by atoms with E-state index in [9.17, 15) is 14.4 Å². The van der Waals surface area contributed by atoms with E-state index in [-0.39, 0.29) is 11.5 Å². The summed E-state index contributed by atoms with van der Waals surface area (Å²) in [7, 11) is 0. The molecule has 1 fully saturated rings. The number of hydrogen-bond donors (Lipinski definition) is 3. The molecule has 0 aromatic carbocycles. The first-order valence-corrected chi connectivity index (χ1v) is 6.84. The third kappa shape index (κ3) is 3.03. The molecule has 0 unspecified atom stereocenters. The highest BCUT2D eigenvalue weighted by Gasteiger charge is 2.16. The molecular formula is C13H14N6O3. The van der Waals surface area contributed by atoms with Crippen molar-refractivity contribution < 1.29 is 4.79 Å². The van der Waals surface area contributed by atoms with Crippen LogP contribution in [0.2, 0.25) is 0 Å². The van der Waals surface area contributed by atoms with E-state index in [4.69, 9.17) is 0 Å². The summed E-state index contributed by atoms with van der Waals surface area (Å²) in [6.07, 6.45) is 3.52. The number of anilines is 2. The van der Waals surface area contributed by atoms with Gasteiger partial charge in [0.15, 0.2) is 0 Å². The third-order valence-corrected chi connectivity index (χ3v) is 3.32. The summed E-state index contributed by atoms with van der Waals surface area (Å²) in [5, 5.41) is 2.43. The number of nitrogens with one attached hydrogen (secondary N) is 3. The molecule has 0 aliphatic carbocycles. The van der Waals surface area contributed by atoms with E-state index in [1.54, 1.807) is 6.07 Å². The van der Waals surface area contributed by atoms with Gasteiger partial charge in [0.25, 0.3) is 11.5 Å². The molecule has 0 saturated carbocycles. The fourth-order valence-corrected chi connectivity index (χ4v) is 2.31. The molecule has 2 aromatic heterocycles. The van der Waals surface area contributed by atoms with Gasteiger partial charge in [-0.3, -0.25) is 19.6 Å². The van der Waals surface area contributed by atoms with Crippen LogP contribution < -0.4 is 21.5 Å². The average Bonchev–Trinajstić information content (AvgIpc) is 3.00. The van der Waals surface area contributed by atoms with Gasteiger partial charge in [-0.15, -0.1) is 0 Å². The van der Waals surface area contributed by atoms with E-state index in [2.05, 4.69) is 25.2 Å². The molecule has 114 valence electrons. The third-order valence-electron chi connectivity index (χ3n) is 3.32. The topological polar surface area (TPSA) is 124 Å². The van der Waals surface area contributed by atoms with Crippen LogP contribution in [0.3, 0.4) is 0 Å². The first-order valence-electron chi connectivity index (χ1n) is 6.84. The van der Waals surface area contributed by atoms with Crippen LogP contribution >= 0.6 is 0 Å². The van der Waals surface area contributed by atoms with Gasteiger partial charge in [-0.05, 0) is 12.8 Å². The molecule has 0 spiro atoms. The Kier molecular flexibility index (Phi) is 3.69. The molecule has 0 atom stereocenters. The van der Waals surface area contributed by atoms with Crippen molar-refractivity contribution in [2.24, 2.45) is 0 Å². The van der Waals surface area contributed by atoms with Gasteiger partial charge < -0.3 is 10.2 Å². The molecule has 3 heterocycles.